The van der Waals surface area contributed by atoms with Gasteiger partial charge in [-0.2, -0.15) is 0 Å². The molecule has 0 saturated heterocycles. The van der Waals surface area contributed by atoms with Crippen LogP contribution in [0.2, 0.25) is 0 Å². The van der Waals surface area contributed by atoms with Gasteiger partial charge in [-0.1, -0.05) is 6.07 Å². The van der Waals surface area contributed by atoms with Crippen LogP contribution in [0.5, 0.6) is 5.75 Å². The number of halogens is 1. The van der Waals surface area contributed by atoms with Crippen molar-refractivity contribution in [2.45, 2.75) is 26.4 Å². The summed E-state index contributed by atoms with van der Waals surface area (Å²) in [6.45, 7) is 1.63. The summed E-state index contributed by atoms with van der Waals surface area (Å²) in [5.74, 6) is -0.0338. The first kappa shape index (κ1) is 12.2. The summed E-state index contributed by atoms with van der Waals surface area (Å²) in [5, 5.41) is 19.0. The summed E-state index contributed by atoms with van der Waals surface area (Å²) < 4.78 is 13.4. The third-order valence-electron chi connectivity index (χ3n) is 3.85. The largest absolute Gasteiger partial charge is 0.508 e. The van der Waals surface area contributed by atoms with Crippen LogP contribution in [0.1, 0.15) is 22.3 Å². The van der Waals surface area contributed by atoms with Gasteiger partial charge in [0.05, 0.1) is 6.61 Å². The van der Waals surface area contributed by atoms with Crippen LogP contribution in [0.3, 0.4) is 0 Å². The Morgan fingerprint density at radius 3 is 2.53 bits per heavy atom. The Morgan fingerprint density at radius 2 is 1.89 bits per heavy atom. The topological polar surface area (TPSA) is 40.5 Å². The average molecular weight is 258 g/mol. The standard InChI is InChI=1S/C16H15FO2/c1-9-6-15(19)12-3-4-13(12)16(9)10-2-5-14(17)11(7-10)8-18/h2,5-7,18-19H,3-4,8H2,1H3. The normalized spacial score (nSPS) is 13.0. The van der Waals surface area contributed by atoms with Gasteiger partial charge in [-0.05, 0) is 65.8 Å². The molecule has 0 aliphatic heterocycles. The third kappa shape index (κ3) is 1.81. The molecule has 98 valence electrons. The number of fused-ring (bicyclic) bond motifs is 1. The zero-order chi connectivity index (χ0) is 13.6. The lowest BCUT2D eigenvalue weighted by molar-refractivity contribution is 0.276. The number of aliphatic hydroxyl groups is 1. The van der Waals surface area contributed by atoms with E-state index in [2.05, 4.69) is 0 Å². The number of benzene rings is 2. The number of phenols is 1. The lowest BCUT2D eigenvalue weighted by Gasteiger charge is -2.26. The first-order valence-electron chi connectivity index (χ1n) is 6.35. The summed E-state index contributed by atoms with van der Waals surface area (Å²) in [6, 6.07) is 6.56. The number of phenolic OH excluding ortho intramolecular Hbond substituents is 1. The molecule has 0 amide bonds. The fourth-order valence-electron chi connectivity index (χ4n) is 2.79. The predicted molar refractivity (Wildman–Crippen MR) is 71.6 cm³/mol. The van der Waals surface area contributed by atoms with Crippen LogP contribution in [0.4, 0.5) is 4.39 Å². The van der Waals surface area contributed by atoms with Gasteiger partial charge < -0.3 is 10.2 Å². The smallest absolute Gasteiger partial charge is 0.128 e. The molecular weight excluding hydrogens is 243 g/mol. The molecule has 2 N–H and O–H groups in total. The second-order valence-corrected chi connectivity index (χ2v) is 5.01. The third-order valence-corrected chi connectivity index (χ3v) is 3.85. The van der Waals surface area contributed by atoms with Gasteiger partial charge in [-0.25, -0.2) is 4.39 Å². The first-order chi connectivity index (χ1) is 9.11. The van der Waals surface area contributed by atoms with Gasteiger partial charge in [-0.3, -0.25) is 0 Å². The number of hydrogen-bond acceptors (Lipinski definition) is 2. The Bertz CT molecular complexity index is 662. The SMILES string of the molecule is Cc1cc(O)c2c(c1-c1ccc(F)c(CO)c1)CC2. The maximum absolute atomic E-state index is 13.4. The van der Waals surface area contributed by atoms with E-state index in [-0.39, 0.29) is 12.4 Å². The molecule has 1 aliphatic carbocycles. The number of hydrogen-bond donors (Lipinski definition) is 2. The second kappa shape index (κ2) is 4.35. The maximum Gasteiger partial charge on any atom is 0.128 e. The summed E-state index contributed by atoms with van der Waals surface area (Å²) in [4.78, 5) is 0. The van der Waals surface area contributed by atoms with Crippen molar-refractivity contribution in [1.82, 2.24) is 0 Å². The lowest BCUT2D eigenvalue weighted by Crippen LogP contribution is -2.11. The number of aliphatic hydroxyl groups excluding tert-OH is 1. The maximum atomic E-state index is 13.4. The molecule has 0 heterocycles. The number of rotatable bonds is 2. The highest BCUT2D eigenvalue weighted by Gasteiger charge is 2.23. The van der Waals surface area contributed by atoms with E-state index in [0.29, 0.717) is 11.3 Å². The average Bonchev–Trinajstić information content (AvgIpc) is 2.33. The molecule has 2 nitrogen and oxygen atoms in total. The van der Waals surface area contributed by atoms with Crippen molar-refractivity contribution < 1.29 is 14.6 Å². The van der Waals surface area contributed by atoms with E-state index in [9.17, 15) is 9.50 Å². The van der Waals surface area contributed by atoms with Crippen LogP contribution >= 0.6 is 0 Å². The van der Waals surface area contributed by atoms with E-state index in [1.165, 1.54) is 6.07 Å². The van der Waals surface area contributed by atoms with Crippen molar-refractivity contribution in [3.8, 4) is 16.9 Å². The van der Waals surface area contributed by atoms with Crippen LogP contribution in [-0.4, -0.2) is 10.2 Å². The van der Waals surface area contributed by atoms with Gasteiger partial charge in [-0.15, -0.1) is 0 Å². The van der Waals surface area contributed by atoms with Crippen LogP contribution in [0, 0.1) is 12.7 Å². The summed E-state index contributed by atoms with van der Waals surface area (Å²) in [6.07, 6.45) is 1.83. The minimum absolute atomic E-state index is 0.304. The van der Waals surface area contributed by atoms with Crippen molar-refractivity contribution in [1.29, 1.82) is 0 Å². The summed E-state index contributed by atoms with van der Waals surface area (Å²) in [7, 11) is 0. The monoisotopic (exact) mass is 258 g/mol. The van der Waals surface area contributed by atoms with Crippen molar-refractivity contribution >= 4 is 0 Å². The fraction of sp³-hybridized carbons (Fsp3) is 0.250. The van der Waals surface area contributed by atoms with E-state index >= 15 is 0 Å². The summed E-state index contributed by atoms with van der Waals surface area (Å²) >= 11 is 0. The fourth-order valence-corrected chi connectivity index (χ4v) is 2.79. The Labute approximate surface area is 111 Å². The van der Waals surface area contributed by atoms with Crippen molar-refractivity contribution in [3.05, 3.63) is 52.3 Å². The molecule has 0 radical (unpaired) electrons. The molecule has 0 fully saturated rings. The van der Waals surface area contributed by atoms with E-state index < -0.39 is 0 Å². The molecule has 0 atom stereocenters. The van der Waals surface area contributed by atoms with Crippen LogP contribution in [-0.2, 0) is 19.4 Å². The molecule has 2 aromatic carbocycles. The second-order valence-electron chi connectivity index (χ2n) is 5.01. The van der Waals surface area contributed by atoms with Crippen LogP contribution in [0.25, 0.3) is 11.1 Å². The quantitative estimate of drug-likeness (QED) is 0.869. The Morgan fingerprint density at radius 1 is 1.16 bits per heavy atom. The van der Waals surface area contributed by atoms with Crippen molar-refractivity contribution in [3.63, 3.8) is 0 Å². The van der Waals surface area contributed by atoms with Gasteiger partial charge >= 0.3 is 0 Å². The molecule has 1 aliphatic rings. The highest BCUT2D eigenvalue weighted by atomic mass is 19.1. The Hall–Kier alpha value is -1.87. The van der Waals surface area contributed by atoms with E-state index in [1.807, 2.05) is 6.92 Å². The molecule has 3 heteroatoms. The van der Waals surface area contributed by atoms with Crippen molar-refractivity contribution in [2.75, 3.05) is 0 Å². The highest BCUT2D eigenvalue weighted by molar-refractivity contribution is 5.76. The van der Waals surface area contributed by atoms with E-state index in [4.69, 9.17) is 5.11 Å². The van der Waals surface area contributed by atoms with Crippen molar-refractivity contribution in [2.24, 2.45) is 0 Å². The van der Waals surface area contributed by atoms with E-state index in [0.717, 1.165) is 40.7 Å². The minimum Gasteiger partial charge on any atom is -0.508 e. The summed E-state index contributed by atoms with van der Waals surface area (Å²) in [5.41, 5.74) is 5.39. The predicted octanol–water partition coefficient (Wildman–Crippen LogP) is 3.10. The zero-order valence-corrected chi connectivity index (χ0v) is 10.7. The zero-order valence-electron chi connectivity index (χ0n) is 10.7. The van der Waals surface area contributed by atoms with Crippen LogP contribution in [0.15, 0.2) is 24.3 Å². The van der Waals surface area contributed by atoms with Gasteiger partial charge in [0.25, 0.3) is 0 Å². The number of aryl methyl sites for hydroxylation is 1. The minimum atomic E-state index is -0.387. The number of aromatic hydroxyl groups is 1. The highest BCUT2D eigenvalue weighted by Crippen LogP contribution is 2.41. The van der Waals surface area contributed by atoms with Crippen LogP contribution < -0.4 is 0 Å². The lowest BCUT2D eigenvalue weighted by atomic mass is 9.79. The molecule has 0 bridgehead atoms. The molecule has 0 spiro atoms. The molecule has 3 rings (SSSR count). The van der Waals surface area contributed by atoms with Gasteiger partial charge in [0.15, 0.2) is 0 Å². The molecule has 0 saturated carbocycles. The molecule has 0 aromatic heterocycles. The first-order valence-corrected chi connectivity index (χ1v) is 6.35. The van der Waals surface area contributed by atoms with Gasteiger partial charge in [0.2, 0.25) is 0 Å². The molecule has 0 unspecified atom stereocenters. The molecule has 2 aromatic rings. The molecule has 19 heavy (non-hydrogen) atoms. The van der Waals surface area contributed by atoms with E-state index in [1.54, 1.807) is 18.2 Å². The van der Waals surface area contributed by atoms with Gasteiger partial charge in [0.1, 0.15) is 11.6 Å². The van der Waals surface area contributed by atoms with Gasteiger partial charge in [0, 0.05) is 5.56 Å². The Kier molecular flexibility index (Phi) is 2.79. The Balaban J connectivity index is 2.20. The molecular formula is C16H15FO2.